The number of benzene rings is 6. The first-order valence-corrected chi connectivity index (χ1v) is 36.6. The third kappa shape index (κ3) is 16.8. The Balaban J connectivity index is 0.000000185. The van der Waals surface area contributed by atoms with Crippen LogP contribution in [-0.4, -0.2) is 120 Å². The summed E-state index contributed by atoms with van der Waals surface area (Å²) < 4.78 is 82.6. The SMILES string of the molecule is COc1cc(-c2cn(C)c(=O)c3ccc(F)cc23)cc(Cl)c1CN1CCC(C2CCN(c3ccc(NC4CCC(=O)NC4=O)cc3Cl)CC2)CC1.Cn1cc(-c2ccc(CN3CCC(C4CCN(c5ccc(NC6CCC(=O)NC6=O)cc5Cl)CC4)CC3)c(OC(F)(F)F)c2)c2cc(F)ccc2c1=O. The second-order valence-electron chi connectivity index (χ2n) is 28.3. The number of fused-ring (bicyclic) bond motifs is 2. The summed E-state index contributed by atoms with van der Waals surface area (Å²) >= 11 is 20.4. The van der Waals surface area contributed by atoms with Gasteiger partial charge in [-0.15, -0.1) is 13.2 Å². The van der Waals surface area contributed by atoms with Crippen LogP contribution in [0.2, 0.25) is 15.1 Å². The summed E-state index contributed by atoms with van der Waals surface area (Å²) in [6, 6.07) is 27.1. The van der Waals surface area contributed by atoms with E-state index in [9.17, 15) is 50.7 Å². The van der Waals surface area contributed by atoms with Crippen LogP contribution in [0.1, 0.15) is 88.2 Å². The average molecular weight is 1490 g/mol. The van der Waals surface area contributed by atoms with Crippen LogP contribution in [0.5, 0.6) is 11.5 Å². The predicted molar refractivity (Wildman–Crippen MR) is 396 cm³/mol. The number of amides is 4. The molecule has 0 saturated carbocycles. The topological polar surface area (TPSA) is 192 Å². The number of methoxy groups -OCH3 is 1. The van der Waals surface area contributed by atoms with Gasteiger partial charge < -0.3 is 39.0 Å². The number of ether oxygens (including phenoxy) is 2. The Hall–Kier alpha value is -8.74. The van der Waals surface area contributed by atoms with Gasteiger partial charge in [-0.3, -0.25) is 49.2 Å². The highest BCUT2D eigenvalue weighted by Gasteiger charge is 2.36. The van der Waals surface area contributed by atoms with E-state index >= 15 is 0 Å². The third-order valence-electron chi connectivity index (χ3n) is 21.8. The molecule has 4 amide bonds. The third-order valence-corrected chi connectivity index (χ3v) is 22.7. The molecule has 26 heteroatoms. The van der Waals surface area contributed by atoms with Crippen LogP contribution >= 0.6 is 34.8 Å². The number of halogens is 8. The molecule has 6 aliphatic heterocycles. The van der Waals surface area contributed by atoms with E-state index in [0.29, 0.717) is 115 Å². The summed E-state index contributed by atoms with van der Waals surface area (Å²) in [6.45, 7) is 8.00. The second-order valence-corrected chi connectivity index (χ2v) is 29.5. The van der Waals surface area contributed by atoms with E-state index in [1.54, 1.807) is 39.5 Å². The summed E-state index contributed by atoms with van der Waals surface area (Å²) in [5.41, 5.74) is 6.51. The molecule has 8 aromatic rings. The number of nitrogens with zero attached hydrogens (tertiary/aromatic N) is 6. The second kappa shape index (κ2) is 31.5. The quantitative estimate of drug-likeness (QED) is 0.0528. The molecule has 2 atom stereocenters. The van der Waals surface area contributed by atoms with E-state index in [0.717, 1.165) is 138 Å². The van der Waals surface area contributed by atoms with Crippen molar-refractivity contribution in [3.05, 3.63) is 174 Å². The predicted octanol–water partition coefficient (Wildman–Crippen LogP) is 14.2. The average Bonchev–Trinajstić information content (AvgIpc) is 0.770. The molecule has 18 nitrogen and oxygen atoms in total. The minimum atomic E-state index is -4.91. The smallest absolute Gasteiger partial charge is 0.496 e. The molecule has 0 spiro atoms. The fourth-order valence-corrected chi connectivity index (χ4v) is 17.0. The van der Waals surface area contributed by atoms with Crippen LogP contribution in [0.4, 0.5) is 44.7 Å². The molecular formula is C78H82Cl3F5N10O8. The molecule has 8 heterocycles. The zero-order valence-corrected chi connectivity index (χ0v) is 60.2. The molecule has 6 aliphatic rings. The number of likely N-dealkylation sites (tertiary alicyclic amines) is 2. The molecule has 104 heavy (non-hydrogen) atoms. The van der Waals surface area contributed by atoms with Gasteiger partial charge in [0, 0.05) is 128 Å². The van der Waals surface area contributed by atoms with Crippen molar-refractivity contribution in [1.29, 1.82) is 0 Å². The highest BCUT2D eigenvalue weighted by molar-refractivity contribution is 6.34. The first-order chi connectivity index (χ1) is 49.9. The Morgan fingerprint density at radius 2 is 0.913 bits per heavy atom. The summed E-state index contributed by atoms with van der Waals surface area (Å²) in [5.74, 6) is 0.628. The lowest BCUT2D eigenvalue weighted by Gasteiger charge is -2.41. The van der Waals surface area contributed by atoms with Gasteiger partial charge in [-0.2, -0.15) is 0 Å². The van der Waals surface area contributed by atoms with Gasteiger partial charge in [-0.25, -0.2) is 8.78 Å². The van der Waals surface area contributed by atoms with E-state index in [-0.39, 0.29) is 52.4 Å². The van der Waals surface area contributed by atoms with Crippen molar-refractivity contribution in [2.45, 2.75) is 109 Å². The van der Waals surface area contributed by atoms with Gasteiger partial charge in [0.2, 0.25) is 23.6 Å². The van der Waals surface area contributed by atoms with Crippen molar-refractivity contribution in [1.82, 2.24) is 29.6 Å². The van der Waals surface area contributed by atoms with E-state index in [1.807, 2.05) is 48.5 Å². The van der Waals surface area contributed by atoms with Crippen LogP contribution in [-0.2, 0) is 46.4 Å². The number of hydrogen-bond donors (Lipinski definition) is 4. The van der Waals surface area contributed by atoms with Crippen LogP contribution in [0.25, 0.3) is 43.8 Å². The number of carbonyl (C=O) groups is 4. The number of anilines is 4. The highest BCUT2D eigenvalue weighted by atomic mass is 35.5. The molecule has 4 N–H and O–H groups in total. The Morgan fingerprint density at radius 3 is 1.35 bits per heavy atom. The highest BCUT2D eigenvalue weighted by Crippen LogP contribution is 2.43. The largest absolute Gasteiger partial charge is 0.573 e. The fraction of sp³-hybridized carbons (Fsp3) is 0.410. The lowest BCUT2D eigenvalue weighted by atomic mass is 9.78. The van der Waals surface area contributed by atoms with Gasteiger partial charge in [0.05, 0.1) is 28.5 Å². The van der Waals surface area contributed by atoms with Gasteiger partial charge in [-0.05, 0) is 227 Å². The van der Waals surface area contributed by atoms with Crippen LogP contribution in [0, 0.1) is 35.3 Å². The van der Waals surface area contributed by atoms with Crippen molar-refractivity contribution in [3.8, 4) is 33.8 Å². The van der Waals surface area contributed by atoms with Crippen LogP contribution in [0.15, 0.2) is 125 Å². The number of piperidine rings is 6. The number of hydrogen-bond acceptors (Lipinski definition) is 14. The lowest BCUT2D eigenvalue weighted by Crippen LogP contribution is -2.47. The Kier molecular flexibility index (Phi) is 22.3. The van der Waals surface area contributed by atoms with Gasteiger partial charge in [0.15, 0.2) is 0 Å². The van der Waals surface area contributed by atoms with E-state index < -0.39 is 30.1 Å². The molecule has 548 valence electrons. The molecule has 6 fully saturated rings. The maximum absolute atomic E-state index is 14.3. The molecule has 2 unspecified atom stereocenters. The van der Waals surface area contributed by atoms with Gasteiger partial charge in [-0.1, -0.05) is 46.9 Å². The fourth-order valence-electron chi connectivity index (χ4n) is 16.1. The summed E-state index contributed by atoms with van der Waals surface area (Å²) in [4.78, 5) is 81.9. The van der Waals surface area contributed by atoms with E-state index in [4.69, 9.17) is 39.5 Å². The van der Waals surface area contributed by atoms with Crippen molar-refractivity contribution < 1.29 is 50.6 Å². The molecule has 6 saturated heterocycles. The zero-order valence-electron chi connectivity index (χ0n) is 58.0. The molecule has 14 rings (SSSR count). The number of alkyl halides is 3. The maximum Gasteiger partial charge on any atom is 0.573 e. The van der Waals surface area contributed by atoms with Crippen molar-refractivity contribution >= 4 is 103 Å². The van der Waals surface area contributed by atoms with E-state index in [1.165, 1.54) is 57.8 Å². The van der Waals surface area contributed by atoms with Crippen LogP contribution in [0.3, 0.4) is 0 Å². The normalized spacial score (nSPS) is 19.4. The number of rotatable bonds is 16. The monoisotopic (exact) mass is 1490 g/mol. The number of nitrogens with one attached hydrogen (secondary N) is 4. The summed E-state index contributed by atoms with van der Waals surface area (Å²) in [6.07, 6.45) is 8.18. The molecule has 2 aromatic heterocycles. The number of pyridine rings is 2. The number of imide groups is 2. The molecule has 0 radical (unpaired) electrons. The Morgan fingerprint density at radius 1 is 0.481 bits per heavy atom. The first-order valence-electron chi connectivity index (χ1n) is 35.5. The lowest BCUT2D eigenvalue weighted by molar-refractivity contribution is -0.275. The standard InChI is InChI=1S/C39H42Cl2FN5O4.C39H40ClF4N5O4/c1-45-21-30(29-19-26(42)3-5-28(29)39(45)50)25-17-32(40)31(36(18-25)51-2)22-46-13-9-23(10-14-46)24-11-15-47(16-12-24)35-7-4-27(20-33(35)41)43-34-6-8-37(48)44-38(34)49;1-47-22-31(30-19-27(41)4-6-29(30)38(47)52)25-2-3-26(35(18-25)53-39(42,43)44)21-48-14-10-23(11-15-48)24-12-16-49(17-13-24)34-8-5-28(20-32(34)40)45-33-7-9-36(50)46-37(33)51/h3-5,7,17-21,23-24,34,43H,6,8-16,22H2,1-2H3,(H,44,48,49);2-6,8,18-20,22-24,33,45H,7,9-17,21H2,1H3,(H,46,50,51). The van der Waals surface area contributed by atoms with Gasteiger partial charge in [0.1, 0.15) is 35.2 Å². The summed E-state index contributed by atoms with van der Waals surface area (Å²) in [7, 11) is 4.87. The van der Waals surface area contributed by atoms with Crippen molar-refractivity contribution in [3.63, 3.8) is 0 Å². The molecule has 0 bridgehead atoms. The molecular weight excluding hydrogens is 1410 g/mol. The number of aryl methyl sites for hydroxylation is 2. The molecule has 0 aliphatic carbocycles. The Labute approximate surface area is 613 Å². The zero-order chi connectivity index (χ0) is 73.3. The maximum atomic E-state index is 14.3. The number of aromatic nitrogens is 2. The van der Waals surface area contributed by atoms with E-state index in [2.05, 4.69) is 45.6 Å². The van der Waals surface area contributed by atoms with Gasteiger partial charge in [0.25, 0.3) is 11.1 Å². The number of carbonyl (C=O) groups excluding carboxylic acids is 4. The minimum absolute atomic E-state index is 0.185. The minimum Gasteiger partial charge on any atom is -0.496 e. The van der Waals surface area contributed by atoms with Crippen molar-refractivity contribution in [2.75, 3.05) is 79.9 Å². The summed E-state index contributed by atoms with van der Waals surface area (Å²) in [5, 5.41) is 14.5. The van der Waals surface area contributed by atoms with Gasteiger partial charge >= 0.3 is 6.36 Å². The molecule has 6 aromatic carbocycles. The van der Waals surface area contributed by atoms with Crippen molar-refractivity contribution in [2.24, 2.45) is 37.8 Å². The first kappa shape index (κ1) is 73.6. The Bertz CT molecular complexity index is 4720. The van der Waals surface area contributed by atoms with Crippen LogP contribution < -0.4 is 51.7 Å².